The first-order valence-corrected chi connectivity index (χ1v) is 9.04. The molecule has 3 rings (SSSR count). The summed E-state index contributed by atoms with van der Waals surface area (Å²) in [6.45, 7) is 7.51. The minimum Gasteiger partial charge on any atom is -0.462 e. The number of rotatable bonds is 5. The molecule has 6 heteroatoms. The first kappa shape index (κ1) is 18.6. The van der Waals surface area contributed by atoms with E-state index >= 15 is 0 Å². The third-order valence-electron chi connectivity index (χ3n) is 4.82. The molecule has 0 atom stereocenters. The van der Waals surface area contributed by atoms with Crippen LogP contribution in [0.3, 0.4) is 0 Å². The summed E-state index contributed by atoms with van der Waals surface area (Å²) in [6, 6.07) is 4.07. The van der Waals surface area contributed by atoms with Crippen LogP contribution in [0.15, 0.2) is 18.3 Å². The second-order valence-electron chi connectivity index (χ2n) is 6.94. The second kappa shape index (κ2) is 7.60. The van der Waals surface area contributed by atoms with Gasteiger partial charge in [0.1, 0.15) is 5.56 Å². The van der Waals surface area contributed by atoms with Crippen LogP contribution in [-0.4, -0.2) is 48.0 Å². The first-order valence-electron chi connectivity index (χ1n) is 9.04. The zero-order valence-corrected chi connectivity index (χ0v) is 15.6. The highest BCUT2D eigenvalue weighted by Gasteiger charge is 2.30. The lowest BCUT2D eigenvalue weighted by molar-refractivity contribution is -0.0543. The normalized spacial score (nSPS) is 16.5. The molecule has 2 N–H and O–H groups in total. The Morgan fingerprint density at radius 2 is 2.08 bits per heavy atom. The van der Waals surface area contributed by atoms with Crippen LogP contribution >= 0.6 is 0 Å². The lowest BCUT2D eigenvalue weighted by Gasteiger charge is -2.32. The summed E-state index contributed by atoms with van der Waals surface area (Å²) in [4.78, 5) is 16.9. The molecule has 0 saturated carbocycles. The SMILES string of the molecule is CCOC(=O)c1cnc2c(C)cc(C)cc2c1NCC1(O)CCOCC1. The Kier molecular flexibility index (Phi) is 5.44. The number of esters is 1. The van der Waals surface area contributed by atoms with Gasteiger partial charge in [-0.15, -0.1) is 0 Å². The van der Waals surface area contributed by atoms with Crippen LogP contribution in [-0.2, 0) is 9.47 Å². The zero-order chi connectivity index (χ0) is 18.7. The van der Waals surface area contributed by atoms with Crippen LogP contribution in [0.2, 0.25) is 0 Å². The van der Waals surface area contributed by atoms with Crippen molar-refractivity contribution in [3.63, 3.8) is 0 Å². The molecule has 0 spiro atoms. The van der Waals surface area contributed by atoms with Crippen molar-refractivity contribution in [1.29, 1.82) is 0 Å². The van der Waals surface area contributed by atoms with Gasteiger partial charge in [-0.05, 0) is 32.4 Å². The molecular weight excluding hydrogens is 332 g/mol. The number of aromatic nitrogens is 1. The monoisotopic (exact) mass is 358 g/mol. The molecule has 1 aromatic heterocycles. The average molecular weight is 358 g/mol. The molecule has 1 saturated heterocycles. The Hall–Kier alpha value is -2.18. The molecule has 0 radical (unpaired) electrons. The summed E-state index contributed by atoms with van der Waals surface area (Å²) < 4.78 is 10.5. The third-order valence-corrected chi connectivity index (χ3v) is 4.82. The van der Waals surface area contributed by atoms with E-state index < -0.39 is 11.6 Å². The maximum absolute atomic E-state index is 12.4. The van der Waals surface area contributed by atoms with Gasteiger partial charge in [-0.3, -0.25) is 4.98 Å². The van der Waals surface area contributed by atoms with E-state index in [1.54, 1.807) is 13.1 Å². The van der Waals surface area contributed by atoms with Crippen LogP contribution in [0.25, 0.3) is 10.9 Å². The highest BCUT2D eigenvalue weighted by atomic mass is 16.5. The van der Waals surface area contributed by atoms with Gasteiger partial charge in [-0.1, -0.05) is 11.6 Å². The number of hydrogen-bond acceptors (Lipinski definition) is 6. The number of carbonyl (C=O) groups excluding carboxylic acids is 1. The number of hydrogen-bond donors (Lipinski definition) is 2. The summed E-state index contributed by atoms with van der Waals surface area (Å²) in [6.07, 6.45) is 2.69. The fourth-order valence-electron chi connectivity index (χ4n) is 3.40. The number of aliphatic hydroxyl groups is 1. The van der Waals surface area contributed by atoms with Crippen molar-refractivity contribution < 1.29 is 19.4 Å². The Labute approximate surface area is 153 Å². The molecule has 26 heavy (non-hydrogen) atoms. The Balaban J connectivity index is 2.03. The summed E-state index contributed by atoms with van der Waals surface area (Å²) in [5, 5.41) is 15.0. The Morgan fingerprint density at radius 1 is 1.35 bits per heavy atom. The van der Waals surface area contributed by atoms with E-state index in [4.69, 9.17) is 9.47 Å². The smallest absolute Gasteiger partial charge is 0.341 e. The molecule has 0 unspecified atom stereocenters. The fourth-order valence-corrected chi connectivity index (χ4v) is 3.40. The van der Waals surface area contributed by atoms with Gasteiger partial charge in [-0.2, -0.15) is 0 Å². The highest BCUT2D eigenvalue weighted by Crippen LogP contribution is 2.31. The van der Waals surface area contributed by atoms with Gasteiger partial charge < -0.3 is 19.9 Å². The molecule has 1 aromatic carbocycles. The number of ether oxygens (including phenoxy) is 2. The van der Waals surface area contributed by atoms with Gasteiger partial charge in [-0.25, -0.2) is 4.79 Å². The number of aryl methyl sites for hydroxylation is 2. The van der Waals surface area contributed by atoms with Crippen molar-refractivity contribution in [2.24, 2.45) is 0 Å². The number of anilines is 1. The van der Waals surface area contributed by atoms with Crippen molar-refractivity contribution >= 4 is 22.6 Å². The van der Waals surface area contributed by atoms with Gasteiger partial charge >= 0.3 is 5.97 Å². The van der Waals surface area contributed by atoms with E-state index in [2.05, 4.69) is 16.4 Å². The van der Waals surface area contributed by atoms with Gasteiger partial charge in [0.15, 0.2) is 0 Å². The minimum absolute atomic E-state index is 0.296. The molecule has 0 amide bonds. The first-order chi connectivity index (χ1) is 12.4. The minimum atomic E-state index is -0.849. The number of pyridine rings is 1. The molecule has 2 aromatic rings. The van der Waals surface area contributed by atoms with Crippen LogP contribution < -0.4 is 5.32 Å². The summed E-state index contributed by atoms with van der Waals surface area (Å²) in [5.74, 6) is -0.414. The van der Waals surface area contributed by atoms with Crippen molar-refractivity contribution in [3.05, 3.63) is 35.0 Å². The van der Waals surface area contributed by atoms with E-state index in [1.807, 2.05) is 19.9 Å². The predicted molar refractivity (Wildman–Crippen MR) is 101 cm³/mol. The van der Waals surface area contributed by atoms with Crippen molar-refractivity contribution in [2.45, 2.75) is 39.2 Å². The molecule has 1 aliphatic heterocycles. The molecular formula is C20H26N2O4. The topological polar surface area (TPSA) is 80.7 Å². The summed E-state index contributed by atoms with van der Waals surface area (Å²) in [7, 11) is 0. The number of nitrogens with zero attached hydrogens (tertiary/aromatic N) is 1. The maximum Gasteiger partial charge on any atom is 0.341 e. The van der Waals surface area contributed by atoms with Gasteiger partial charge in [0.25, 0.3) is 0 Å². The van der Waals surface area contributed by atoms with Crippen LogP contribution in [0.4, 0.5) is 5.69 Å². The molecule has 140 valence electrons. The predicted octanol–water partition coefficient (Wildman–Crippen LogP) is 2.98. The summed E-state index contributed by atoms with van der Waals surface area (Å²) >= 11 is 0. The molecule has 0 bridgehead atoms. The van der Waals surface area contributed by atoms with Crippen LogP contribution in [0.5, 0.6) is 0 Å². The largest absolute Gasteiger partial charge is 0.462 e. The van der Waals surface area contributed by atoms with Gasteiger partial charge in [0.2, 0.25) is 0 Å². The highest BCUT2D eigenvalue weighted by molar-refractivity contribution is 6.05. The Morgan fingerprint density at radius 3 is 2.77 bits per heavy atom. The molecule has 0 aliphatic carbocycles. The van der Waals surface area contributed by atoms with Crippen molar-refractivity contribution in [3.8, 4) is 0 Å². The van der Waals surface area contributed by atoms with E-state index in [0.717, 1.165) is 22.0 Å². The number of benzene rings is 1. The summed E-state index contributed by atoms with van der Waals surface area (Å²) in [5.41, 5.74) is 3.18. The maximum atomic E-state index is 12.4. The van der Waals surface area contributed by atoms with Gasteiger partial charge in [0.05, 0.1) is 23.4 Å². The van der Waals surface area contributed by atoms with Gasteiger partial charge in [0, 0.05) is 44.2 Å². The second-order valence-corrected chi connectivity index (χ2v) is 6.94. The third kappa shape index (κ3) is 3.81. The van der Waals surface area contributed by atoms with Crippen LogP contribution in [0, 0.1) is 13.8 Å². The van der Waals surface area contributed by atoms with Crippen molar-refractivity contribution in [1.82, 2.24) is 4.98 Å². The molecule has 1 aliphatic rings. The van der Waals surface area contributed by atoms with E-state index in [1.165, 1.54) is 0 Å². The molecule has 1 fully saturated rings. The lowest BCUT2D eigenvalue weighted by atomic mass is 9.94. The quantitative estimate of drug-likeness (QED) is 0.800. The molecule has 2 heterocycles. The molecule has 6 nitrogen and oxygen atoms in total. The van der Waals surface area contributed by atoms with E-state index in [9.17, 15) is 9.90 Å². The number of fused-ring (bicyclic) bond motifs is 1. The van der Waals surface area contributed by atoms with E-state index in [-0.39, 0.29) is 0 Å². The number of carbonyl (C=O) groups is 1. The lowest BCUT2D eigenvalue weighted by Crippen LogP contribution is -2.42. The average Bonchev–Trinajstić information content (AvgIpc) is 2.60. The standard InChI is InChI=1S/C20H26N2O4/c1-4-26-19(23)16-11-21-17-14(3)9-13(2)10-15(17)18(16)22-12-20(24)5-7-25-8-6-20/h9-11,24H,4-8,12H2,1-3H3,(H,21,22). The fraction of sp³-hybridized carbons (Fsp3) is 0.500. The van der Waals surface area contributed by atoms with E-state index in [0.29, 0.717) is 50.5 Å². The number of nitrogens with one attached hydrogen (secondary N) is 1. The van der Waals surface area contributed by atoms with Crippen LogP contribution in [0.1, 0.15) is 41.3 Å². The van der Waals surface area contributed by atoms with Crippen molar-refractivity contribution in [2.75, 3.05) is 31.7 Å². The Bertz CT molecular complexity index is 813. The zero-order valence-electron chi connectivity index (χ0n) is 15.6.